The van der Waals surface area contributed by atoms with Gasteiger partial charge in [0.1, 0.15) is 0 Å². The first kappa shape index (κ1) is 16.4. The summed E-state index contributed by atoms with van der Waals surface area (Å²) in [7, 11) is 2.97. The molecule has 1 saturated heterocycles. The van der Waals surface area contributed by atoms with E-state index in [9.17, 15) is 14.4 Å². The number of aromatic nitrogens is 1. The summed E-state index contributed by atoms with van der Waals surface area (Å²) in [5.74, 6) is -1.10. The molecule has 0 radical (unpaired) electrons. The van der Waals surface area contributed by atoms with E-state index >= 15 is 0 Å². The first-order chi connectivity index (χ1) is 10.3. The van der Waals surface area contributed by atoms with Crippen LogP contribution in [0.25, 0.3) is 0 Å². The van der Waals surface area contributed by atoms with Crippen LogP contribution in [0.3, 0.4) is 0 Å². The van der Waals surface area contributed by atoms with E-state index in [1.807, 2.05) is 13.8 Å². The number of anilines is 1. The van der Waals surface area contributed by atoms with E-state index in [2.05, 4.69) is 10.3 Å². The number of carbonyl (C=O) groups excluding carboxylic acids is 3. The van der Waals surface area contributed by atoms with Gasteiger partial charge in [0.2, 0.25) is 11.8 Å². The quantitative estimate of drug-likeness (QED) is 0.847. The van der Waals surface area contributed by atoms with E-state index in [0.717, 1.165) is 4.88 Å². The second kappa shape index (κ2) is 6.43. The highest BCUT2D eigenvalue weighted by molar-refractivity contribution is 7.16. The topological polar surface area (TPSA) is 88.6 Å². The van der Waals surface area contributed by atoms with Crippen LogP contribution >= 0.6 is 11.3 Å². The molecule has 22 heavy (non-hydrogen) atoms. The maximum absolute atomic E-state index is 12.2. The number of hydrogen-bond acceptors (Lipinski definition) is 6. The lowest BCUT2D eigenvalue weighted by Crippen LogP contribution is -2.25. The highest BCUT2D eigenvalue weighted by atomic mass is 32.1. The Morgan fingerprint density at radius 3 is 2.64 bits per heavy atom. The standard InChI is InChI=1S/C14H19N3O4S/c1-7(2)11-10(13(20)21-4)15-14(22-11)16-12(19)8-5-9(18)17(3)6-8/h7-8H,5-6H2,1-4H3,(H,15,16,19)/t8-/m0/s1. The van der Waals surface area contributed by atoms with E-state index in [-0.39, 0.29) is 35.8 Å². The van der Waals surface area contributed by atoms with E-state index in [1.54, 1.807) is 7.05 Å². The molecule has 1 aromatic heterocycles. The van der Waals surface area contributed by atoms with Crippen molar-refractivity contribution in [1.82, 2.24) is 9.88 Å². The third-order valence-electron chi connectivity index (χ3n) is 3.50. The summed E-state index contributed by atoms with van der Waals surface area (Å²) < 4.78 is 4.71. The van der Waals surface area contributed by atoms with Crippen molar-refractivity contribution in [2.75, 3.05) is 26.0 Å². The minimum absolute atomic E-state index is 0.0441. The molecular formula is C14H19N3O4S. The number of ether oxygens (including phenoxy) is 1. The van der Waals surface area contributed by atoms with Gasteiger partial charge in [0, 0.05) is 24.9 Å². The van der Waals surface area contributed by atoms with E-state index < -0.39 is 5.97 Å². The molecule has 0 aliphatic carbocycles. The third kappa shape index (κ3) is 3.27. The Morgan fingerprint density at radius 1 is 1.45 bits per heavy atom. The first-order valence-corrected chi connectivity index (χ1v) is 7.79. The number of nitrogens with one attached hydrogen (secondary N) is 1. The van der Waals surface area contributed by atoms with E-state index in [4.69, 9.17) is 4.74 Å². The van der Waals surface area contributed by atoms with Gasteiger partial charge in [0.05, 0.1) is 13.0 Å². The summed E-state index contributed by atoms with van der Waals surface area (Å²) in [5, 5.41) is 3.06. The molecule has 2 heterocycles. The zero-order valence-electron chi connectivity index (χ0n) is 13.0. The first-order valence-electron chi connectivity index (χ1n) is 6.97. The maximum Gasteiger partial charge on any atom is 0.357 e. The molecule has 1 N–H and O–H groups in total. The van der Waals surface area contributed by atoms with Crippen molar-refractivity contribution >= 4 is 34.3 Å². The number of likely N-dealkylation sites (tertiary alicyclic amines) is 1. The Bertz CT molecular complexity index is 611. The number of carbonyl (C=O) groups is 3. The fraction of sp³-hybridized carbons (Fsp3) is 0.571. The van der Waals surface area contributed by atoms with Gasteiger partial charge in [0.15, 0.2) is 10.8 Å². The molecule has 0 bridgehead atoms. The van der Waals surface area contributed by atoms with Gasteiger partial charge in [0.25, 0.3) is 0 Å². The average Bonchev–Trinajstić information content (AvgIpc) is 3.02. The molecule has 1 aromatic rings. The van der Waals surface area contributed by atoms with Crippen LogP contribution in [-0.2, 0) is 14.3 Å². The van der Waals surface area contributed by atoms with Gasteiger partial charge in [-0.25, -0.2) is 9.78 Å². The minimum atomic E-state index is -0.517. The number of esters is 1. The third-order valence-corrected chi connectivity index (χ3v) is 4.77. The van der Waals surface area contributed by atoms with Gasteiger partial charge in [-0.15, -0.1) is 11.3 Å². The normalized spacial score (nSPS) is 18.0. The highest BCUT2D eigenvalue weighted by Crippen LogP contribution is 2.31. The van der Waals surface area contributed by atoms with Crippen LogP contribution in [0.5, 0.6) is 0 Å². The molecule has 120 valence electrons. The van der Waals surface area contributed by atoms with Crippen LogP contribution < -0.4 is 5.32 Å². The van der Waals surface area contributed by atoms with Crippen molar-refractivity contribution in [3.63, 3.8) is 0 Å². The maximum atomic E-state index is 12.2. The largest absolute Gasteiger partial charge is 0.464 e. The summed E-state index contributed by atoms with van der Waals surface area (Å²) in [5.41, 5.74) is 0.234. The predicted octanol–water partition coefficient (Wildman–Crippen LogP) is 1.47. The smallest absolute Gasteiger partial charge is 0.357 e. The highest BCUT2D eigenvalue weighted by Gasteiger charge is 2.33. The van der Waals surface area contributed by atoms with Crippen LogP contribution in [0, 0.1) is 5.92 Å². The minimum Gasteiger partial charge on any atom is -0.464 e. The van der Waals surface area contributed by atoms with Gasteiger partial charge >= 0.3 is 5.97 Å². The van der Waals surface area contributed by atoms with Crippen molar-refractivity contribution < 1.29 is 19.1 Å². The lowest BCUT2D eigenvalue weighted by molar-refractivity contribution is -0.127. The Labute approximate surface area is 132 Å². The van der Waals surface area contributed by atoms with Crippen LogP contribution in [-0.4, -0.2) is 48.4 Å². The molecule has 1 aliphatic rings. The number of methoxy groups -OCH3 is 1. The summed E-state index contributed by atoms with van der Waals surface area (Å²) >= 11 is 1.26. The second-order valence-electron chi connectivity index (χ2n) is 5.54. The van der Waals surface area contributed by atoms with Crippen LogP contribution in [0.4, 0.5) is 5.13 Å². The van der Waals surface area contributed by atoms with Gasteiger partial charge in [-0.1, -0.05) is 13.8 Å². The van der Waals surface area contributed by atoms with Gasteiger partial charge < -0.3 is 15.0 Å². The monoisotopic (exact) mass is 325 g/mol. The molecule has 8 heteroatoms. The Balaban J connectivity index is 2.15. The fourth-order valence-electron chi connectivity index (χ4n) is 2.27. The Hall–Kier alpha value is -1.96. The van der Waals surface area contributed by atoms with Gasteiger partial charge in [-0.2, -0.15) is 0 Å². The van der Waals surface area contributed by atoms with Crippen molar-refractivity contribution in [2.45, 2.75) is 26.2 Å². The van der Waals surface area contributed by atoms with Crippen molar-refractivity contribution in [1.29, 1.82) is 0 Å². The van der Waals surface area contributed by atoms with Crippen molar-refractivity contribution in [3.8, 4) is 0 Å². The number of rotatable bonds is 4. The molecule has 0 unspecified atom stereocenters. The molecule has 0 spiro atoms. The molecule has 0 aromatic carbocycles. The fourth-order valence-corrected chi connectivity index (χ4v) is 3.22. The van der Waals surface area contributed by atoms with Crippen molar-refractivity contribution in [3.05, 3.63) is 10.6 Å². The molecule has 2 rings (SSSR count). The number of amides is 2. The summed E-state index contributed by atoms with van der Waals surface area (Å²) in [6, 6.07) is 0. The summed E-state index contributed by atoms with van der Waals surface area (Å²) in [6.45, 7) is 4.28. The summed E-state index contributed by atoms with van der Waals surface area (Å²) in [4.78, 5) is 41.9. The second-order valence-corrected chi connectivity index (χ2v) is 6.57. The average molecular weight is 325 g/mol. The summed E-state index contributed by atoms with van der Waals surface area (Å²) in [6.07, 6.45) is 0.203. The van der Waals surface area contributed by atoms with E-state index in [0.29, 0.717) is 11.7 Å². The Morgan fingerprint density at radius 2 is 2.14 bits per heavy atom. The SMILES string of the molecule is COC(=O)c1nc(NC(=O)[C@H]2CC(=O)N(C)C2)sc1C(C)C. The molecule has 0 saturated carbocycles. The number of hydrogen-bond donors (Lipinski definition) is 1. The van der Waals surface area contributed by atoms with E-state index in [1.165, 1.54) is 23.3 Å². The molecule has 7 nitrogen and oxygen atoms in total. The van der Waals surface area contributed by atoms with Crippen LogP contribution in [0.15, 0.2) is 0 Å². The molecule has 2 amide bonds. The van der Waals surface area contributed by atoms with Gasteiger partial charge in [-0.05, 0) is 5.92 Å². The van der Waals surface area contributed by atoms with Gasteiger partial charge in [-0.3, -0.25) is 9.59 Å². The Kier molecular flexibility index (Phi) is 4.80. The molecule has 1 aliphatic heterocycles. The number of nitrogens with zero attached hydrogens (tertiary/aromatic N) is 2. The predicted molar refractivity (Wildman–Crippen MR) is 81.9 cm³/mol. The van der Waals surface area contributed by atoms with Crippen molar-refractivity contribution in [2.24, 2.45) is 5.92 Å². The lowest BCUT2D eigenvalue weighted by atomic mass is 10.1. The van der Waals surface area contributed by atoms with Crippen LogP contribution in [0.1, 0.15) is 41.6 Å². The van der Waals surface area contributed by atoms with Crippen LogP contribution in [0.2, 0.25) is 0 Å². The molecular weight excluding hydrogens is 306 g/mol. The molecule has 1 fully saturated rings. The zero-order valence-corrected chi connectivity index (χ0v) is 13.8. The lowest BCUT2D eigenvalue weighted by Gasteiger charge is -2.09. The zero-order chi connectivity index (χ0) is 16.4. The number of thiazole rings is 1. The molecule has 1 atom stereocenters.